The van der Waals surface area contributed by atoms with E-state index in [4.69, 9.17) is 11.6 Å². The van der Waals surface area contributed by atoms with Gasteiger partial charge in [0.1, 0.15) is 0 Å². The third-order valence-electron chi connectivity index (χ3n) is 6.98. The maximum absolute atomic E-state index is 13.7. The highest BCUT2D eigenvalue weighted by atomic mass is 35.5. The minimum absolute atomic E-state index is 0.0286. The van der Waals surface area contributed by atoms with E-state index < -0.39 is 55.6 Å². The molecule has 0 unspecified atom stereocenters. The van der Waals surface area contributed by atoms with Crippen LogP contribution in [0.15, 0.2) is 35.2 Å². The topological polar surface area (TPSA) is 104 Å². The van der Waals surface area contributed by atoms with Crippen LogP contribution in [0.1, 0.15) is 57.3 Å². The first-order chi connectivity index (χ1) is 16.4. The lowest BCUT2D eigenvalue weighted by Gasteiger charge is -2.38. The van der Waals surface area contributed by atoms with Gasteiger partial charge in [-0.2, -0.15) is 0 Å². The van der Waals surface area contributed by atoms with E-state index in [1.54, 1.807) is 0 Å². The van der Waals surface area contributed by atoms with Crippen LogP contribution in [0.5, 0.6) is 0 Å². The summed E-state index contributed by atoms with van der Waals surface area (Å²) in [6.45, 7) is 6.26. The van der Waals surface area contributed by atoms with Crippen LogP contribution in [0, 0.1) is 29.3 Å². The largest absolute Gasteiger partial charge is 0.387 e. The number of hydrogen-bond acceptors (Lipinski definition) is 5. The molecule has 1 saturated carbocycles. The lowest BCUT2D eigenvalue weighted by molar-refractivity contribution is -0.130. The molecule has 0 spiro atoms. The number of halogens is 4. The van der Waals surface area contributed by atoms with Crippen molar-refractivity contribution in [2.24, 2.45) is 11.8 Å². The predicted octanol–water partition coefficient (Wildman–Crippen LogP) is 5.11. The van der Waals surface area contributed by atoms with Gasteiger partial charge < -0.3 is 15.5 Å². The van der Waals surface area contributed by atoms with Gasteiger partial charge in [-0.3, -0.25) is 4.79 Å². The normalized spacial score (nSPS) is 22.3. The number of carbonyl (C=O) groups is 1. The molecule has 3 rings (SSSR count). The Morgan fingerprint density at radius 3 is 2.22 bits per heavy atom. The highest BCUT2D eigenvalue weighted by Crippen LogP contribution is 2.44. The molecule has 0 heterocycles. The summed E-state index contributed by atoms with van der Waals surface area (Å²) >= 11 is 6.23. The van der Waals surface area contributed by atoms with Crippen molar-refractivity contribution in [3.8, 4) is 0 Å². The summed E-state index contributed by atoms with van der Waals surface area (Å²) in [6.07, 6.45) is 0.843. The van der Waals surface area contributed by atoms with E-state index in [9.17, 15) is 36.6 Å². The van der Waals surface area contributed by atoms with Gasteiger partial charge in [-0.05, 0) is 70.1 Å². The maximum Gasteiger partial charge on any atom is 0.255 e. The van der Waals surface area contributed by atoms with Crippen LogP contribution in [-0.2, 0) is 9.84 Å². The van der Waals surface area contributed by atoms with Gasteiger partial charge in [0.05, 0.1) is 26.4 Å². The van der Waals surface area contributed by atoms with E-state index in [-0.39, 0.29) is 33.5 Å². The fourth-order valence-electron chi connectivity index (χ4n) is 4.57. The second-order valence-corrected chi connectivity index (χ2v) is 12.9. The third kappa shape index (κ3) is 5.72. The van der Waals surface area contributed by atoms with Crippen LogP contribution in [0.25, 0.3) is 0 Å². The van der Waals surface area contributed by atoms with Crippen LogP contribution in [0.3, 0.4) is 0 Å². The zero-order valence-corrected chi connectivity index (χ0v) is 21.9. The van der Waals surface area contributed by atoms with Gasteiger partial charge in [0.15, 0.2) is 27.3 Å². The Kier molecular flexibility index (Phi) is 7.87. The lowest BCUT2D eigenvalue weighted by atomic mass is 9.79. The number of sulfone groups is 1. The molecule has 0 bridgehead atoms. The smallest absolute Gasteiger partial charge is 0.255 e. The standard InChI is InChI=1S/C25H29ClF3NO5S/c1-13-7-15(12-25(4,33)24(2,3)32)20(8-13)36(34,35)21-9-14(5-6-17(21)26)23(31)30-16-10-18(27)22(29)19(28)11-16/h5-6,9-11,13,15,20,32-33H,7-8,12H2,1-4H3,(H,30,31)/t13-,15-,20-,25-/m0/s1. The zero-order valence-electron chi connectivity index (χ0n) is 20.3. The van der Waals surface area contributed by atoms with Crippen molar-refractivity contribution in [2.75, 3.05) is 5.32 Å². The van der Waals surface area contributed by atoms with Crippen LogP contribution >= 0.6 is 11.6 Å². The summed E-state index contributed by atoms with van der Waals surface area (Å²) in [5.74, 6) is -6.00. The molecule has 2 aromatic rings. The second-order valence-electron chi connectivity index (χ2n) is 10.3. The number of nitrogens with one attached hydrogen (secondary N) is 1. The second kappa shape index (κ2) is 9.96. The summed E-state index contributed by atoms with van der Waals surface area (Å²) < 4.78 is 67.6. The number of aliphatic hydroxyl groups is 2. The number of amides is 1. The number of carbonyl (C=O) groups excluding carboxylic acids is 1. The quantitative estimate of drug-likeness (QED) is 0.418. The monoisotopic (exact) mass is 547 g/mol. The first-order valence-electron chi connectivity index (χ1n) is 11.4. The molecule has 0 aromatic heterocycles. The molecule has 6 nitrogen and oxygen atoms in total. The van der Waals surface area contributed by atoms with Gasteiger partial charge in [0, 0.05) is 23.4 Å². The zero-order chi connectivity index (χ0) is 27.2. The Morgan fingerprint density at radius 1 is 1.08 bits per heavy atom. The van der Waals surface area contributed by atoms with Gasteiger partial charge in [0.2, 0.25) is 0 Å². The maximum atomic E-state index is 13.7. The van der Waals surface area contributed by atoms with E-state index in [2.05, 4.69) is 5.32 Å². The fraction of sp³-hybridized carbons (Fsp3) is 0.480. The van der Waals surface area contributed by atoms with Gasteiger partial charge in [-0.15, -0.1) is 0 Å². The molecule has 0 aliphatic heterocycles. The highest BCUT2D eigenvalue weighted by molar-refractivity contribution is 7.92. The summed E-state index contributed by atoms with van der Waals surface area (Å²) in [6, 6.07) is 4.76. The number of benzene rings is 2. The molecule has 1 aliphatic rings. The molecule has 1 amide bonds. The van der Waals surface area contributed by atoms with Crippen molar-refractivity contribution in [1.82, 2.24) is 0 Å². The number of hydrogen-bond donors (Lipinski definition) is 3. The lowest BCUT2D eigenvalue weighted by Crippen LogP contribution is -2.49. The Bertz CT molecular complexity index is 1250. The van der Waals surface area contributed by atoms with Gasteiger partial charge in [-0.1, -0.05) is 18.5 Å². The Hall–Kier alpha value is -2.14. The van der Waals surface area contributed by atoms with Gasteiger partial charge >= 0.3 is 0 Å². The molecule has 198 valence electrons. The third-order valence-corrected chi connectivity index (χ3v) is 9.75. The summed E-state index contributed by atoms with van der Waals surface area (Å²) in [5.41, 5.74) is -3.52. The molecule has 1 aliphatic carbocycles. The summed E-state index contributed by atoms with van der Waals surface area (Å²) in [5, 5.41) is 22.4. The van der Waals surface area contributed by atoms with Crippen molar-refractivity contribution < 1.29 is 36.6 Å². The molecule has 0 radical (unpaired) electrons. The van der Waals surface area contributed by atoms with Gasteiger partial charge in [0.25, 0.3) is 5.91 Å². The van der Waals surface area contributed by atoms with E-state index in [1.807, 2.05) is 6.92 Å². The summed E-state index contributed by atoms with van der Waals surface area (Å²) in [4.78, 5) is 12.4. The predicted molar refractivity (Wildman–Crippen MR) is 130 cm³/mol. The minimum Gasteiger partial charge on any atom is -0.387 e. The van der Waals surface area contributed by atoms with Crippen LogP contribution < -0.4 is 5.32 Å². The molecule has 1 fully saturated rings. The average Bonchev–Trinajstić information content (AvgIpc) is 3.11. The molecular formula is C25H29ClF3NO5S. The minimum atomic E-state index is -4.09. The molecule has 4 atom stereocenters. The average molecular weight is 548 g/mol. The van der Waals surface area contributed by atoms with E-state index in [0.717, 1.165) is 6.07 Å². The van der Waals surface area contributed by atoms with Crippen LogP contribution in [-0.4, -0.2) is 41.0 Å². The van der Waals surface area contributed by atoms with E-state index >= 15 is 0 Å². The van der Waals surface area contributed by atoms with E-state index in [0.29, 0.717) is 25.0 Å². The first-order valence-corrected chi connectivity index (χ1v) is 13.3. The number of rotatable bonds is 7. The highest BCUT2D eigenvalue weighted by Gasteiger charge is 2.48. The Balaban J connectivity index is 1.93. The van der Waals surface area contributed by atoms with Crippen LogP contribution in [0.2, 0.25) is 5.02 Å². The van der Waals surface area contributed by atoms with E-state index in [1.165, 1.54) is 32.9 Å². The SMILES string of the molecule is C[C@H]1C[C@@H](C[C@](C)(O)C(C)(C)O)[C@@H](S(=O)(=O)c2cc(C(=O)Nc3cc(F)c(F)c(F)c3)ccc2Cl)C1. The molecular weight excluding hydrogens is 519 g/mol. The first kappa shape index (κ1) is 28.4. The fourth-order valence-corrected chi connectivity index (χ4v) is 7.26. The Morgan fingerprint density at radius 2 is 1.67 bits per heavy atom. The molecule has 36 heavy (non-hydrogen) atoms. The van der Waals surface area contributed by atoms with Crippen molar-refractivity contribution in [3.05, 3.63) is 58.4 Å². The van der Waals surface area contributed by atoms with Crippen molar-refractivity contribution >= 4 is 33.0 Å². The number of anilines is 1. The Labute approximate surface area is 213 Å². The molecule has 11 heteroatoms. The van der Waals surface area contributed by atoms with Crippen molar-refractivity contribution in [1.29, 1.82) is 0 Å². The van der Waals surface area contributed by atoms with Crippen molar-refractivity contribution in [3.63, 3.8) is 0 Å². The van der Waals surface area contributed by atoms with Crippen LogP contribution in [0.4, 0.5) is 18.9 Å². The molecule has 2 aromatic carbocycles. The van der Waals surface area contributed by atoms with Gasteiger partial charge in [-0.25, -0.2) is 21.6 Å². The molecule has 0 saturated heterocycles. The molecule has 3 N–H and O–H groups in total. The van der Waals surface area contributed by atoms with Crippen molar-refractivity contribution in [2.45, 2.75) is 68.3 Å². The summed E-state index contributed by atoms with van der Waals surface area (Å²) in [7, 11) is -4.09.